The van der Waals surface area contributed by atoms with Crippen molar-refractivity contribution in [3.05, 3.63) is 30.1 Å². The van der Waals surface area contributed by atoms with E-state index in [1.807, 2.05) is 6.92 Å². The van der Waals surface area contributed by atoms with Gasteiger partial charge in [0.1, 0.15) is 0 Å². The summed E-state index contributed by atoms with van der Waals surface area (Å²) in [5, 5.41) is 1.34. The summed E-state index contributed by atoms with van der Waals surface area (Å²) in [5.41, 5.74) is 7.14. The summed E-state index contributed by atoms with van der Waals surface area (Å²) in [4.78, 5) is 4.47. The van der Waals surface area contributed by atoms with Gasteiger partial charge in [-0.15, -0.1) is 0 Å². The van der Waals surface area contributed by atoms with Crippen LogP contribution in [0.1, 0.15) is 12.6 Å². The van der Waals surface area contributed by atoms with Crippen molar-refractivity contribution in [3.63, 3.8) is 0 Å². The summed E-state index contributed by atoms with van der Waals surface area (Å²) >= 11 is 0. The molecule has 2 aromatic rings. The van der Waals surface area contributed by atoms with E-state index in [-0.39, 0.29) is 5.75 Å². The van der Waals surface area contributed by atoms with Gasteiger partial charge in [-0.2, -0.15) is 0 Å². The lowest BCUT2D eigenvalue weighted by atomic mass is 10.1. The van der Waals surface area contributed by atoms with Crippen LogP contribution in [-0.4, -0.2) is 19.2 Å². The molecule has 5 heteroatoms. The summed E-state index contributed by atoms with van der Waals surface area (Å²) in [7, 11) is -3.24. The van der Waals surface area contributed by atoms with Crippen LogP contribution in [0.5, 0.6) is 0 Å². The average Bonchev–Trinajstić information content (AvgIpc) is 2.29. The summed E-state index contributed by atoms with van der Waals surface area (Å²) in [6.45, 7) is 3.45. The minimum Gasteiger partial charge on any atom is -0.398 e. The number of fused-ring (bicyclic) bond motifs is 1. The molecule has 0 saturated heterocycles. The Balaban J connectivity index is 2.91. The van der Waals surface area contributed by atoms with Gasteiger partial charge in [0.15, 0.2) is 9.84 Å². The van der Waals surface area contributed by atoms with Gasteiger partial charge in [0, 0.05) is 28.4 Å². The molecule has 0 radical (unpaired) electrons. The monoisotopic (exact) mass is 250 g/mol. The fraction of sp³-hybridized carbons (Fsp3) is 0.250. The van der Waals surface area contributed by atoms with E-state index in [9.17, 15) is 8.42 Å². The van der Waals surface area contributed by atoms with Crippen molar-refractivity contribution in [1.82, 2.24) is 4.98 Å². The van der Waals surface area contributed by atoms with Gasteiger partial charge in [-0.05, 0) is 25.1 Å². The number of anilines is 1. The minimum atomic E-state index is -3.24. The third kappa shape index (κ3) is 1.98. The number of sulfone groups is 1. The van der Waals surface area contributed by atoms with Gasteiger partial charge in [-0.1, -0.05) is 6.92 Å². The summed E-state index contributed by atoms with van der Waals surface area (Å²) in [6.07, 6.45) is 1.62. The van der Waals surface area contributed by atoms with Crippen molar-refractivity contribution in [2.45, 2.75) is 18.7 Å². The number of aryl methyl sites for hydroxylation is 1. The largest absolute Gasteiger partial charge is 0.398 e. The molecule has 1 aromatic heterocycles. The topological polar surface area (TPSA) is 73.0 Å². The first-order valence-corrected chi connectivity index (χ1v) is 6.98. The highest BCUT2D eigenvalue weighted by atomic mass is 32.2. The third-order valence-electron chi connectivity index (χ3n) is 2.75. The summed E-state index contributed by atoms with van der Waals surface area (Å²) in [6, 6.07) is 4.94. The highest BCUT2D eigenvalue weighted by molar-refractivity contribution is 7.91. The molecule has 90 valence electrons. The SMILES string of the molecule is CCS(=O)(=O)c1ccc(N)c2cnc(C)cc12. The lowest BCUT2D eigenvalue weighted by molar-refractivity contribution is 0.598. The van der Waals surface area contributed by atoms with Crippen molar-refractivity contribution in [1.29, 1.82) is 0 Å². The molecule has 2 N–H and O–H groups in total. The number of nitrogens with two attached hydrogens (primary N) is 1. The molecule has 1 heterocycles. The van der Waals surface area contributed by atoms with Gasteiger partial charge in [-0.25, -0.2) is 8.42 Å². The number of aromatic nitrogens is 1. The molecule has 0 unspecified atom stereocenters. The zero-order valence-electron chi connectivity index (χ0n) is 9.77. The standard InChI is InChI=1S/C12H14N2O2S/c1-3-17(15,16)12-5-4-11(13)10-7-14-8(2)6-9(10)12/h4-7H,3,13H2,1-2H3. The van der Waals surface area contributed by atoms with E-state index in [1.54, 1.807) is 31.3 Å². The van der Waals surface area contributed by atoms with Crippen LogP contribution in [0.4, 0.5) is 5.69 Å². The fourth-order valence-corrected chi connectivity index (χ4v) is 2.86. The van der Waals surface area contributed by atoms with Gasteiger partial charge in [0.05, 0.1) is 10.6 Å². The zero-order chi connectivity index (χ0) is 12.6. The van der Waals surface area contributed by atoms with Crippen molar-refractivity contribution >= 4 is 26.3 Å². The molecule has 2 rings (SSSR count). The van der Waals surface area contributed by atoms with Crippen molar-refractivity contribution in [2.75, 3.05) is 11.5 Å². The predicted molar refractivity (Wildman–Crippen MR) is 68.6 cm³/mol. The molecule has 0 aliphatic heterocycles. The summed E-state index contributed by atoms with van der Waals surface area (Å²) in [5.74, 6) is 0.0768. The van der Waals surface area contributed by atoms with Gasteiger partial charge in [0.2, 0.25) is 0 Å². The molecule has 0 aliphatic rings. The van der Waals surface area contributed by atoms with Crippen LogP contribution in [0, 0.1) is 6.92 Å². The van der Waals surface area contributed by atoms with E-state index < -0.39 is 9.84 Å². The minimum absolute atomic E-state index is 0.0768. The molecule has 0 amide bonds. The smallest absolute Gasteiger partial charge is 0.178 e. The van der Waals surface area contributed by atoms with Crippen LogP contribution in [0.3, 0.4) is 0 Å². The van der Waals surface area contributed by atoms with Crippen LogP contribution >= 0.6 is 0 Å². The normalized spacial score (nSPS) is 11.9. The Morgan fingerprint density at radius 1 is 1.29 bits per heavy atom. The van der Waals surface area contributed by atoms with Crippen molar-refractivity contribution in [2.24, 2.45) is 0 Å². The van der Waals surface area contributed by atoms with Crippen LogP contribution in [-0.2, 0) is 9.84 Å². The second-order valence-corrected chi connectivity index (χ2v) is 6.17. The highest BCUT2D eigenvalue weighted by Crippen LogP contribution is 2.28. The van der Waals surface area contributed by atoms with E-state index in [0.29, 0.717) is 21.4 Å². The maximum absolute atomic E-state index is 12.0. The van der Waals surface area contributed by atoms with Gasteiger partial charge < -0.3 is 5.73 Å². The molecule has 17 heavy (non-hydrogen) atoms. The zero-order valence-corrected chi connectivity index (χ0v) is 10.6. The fourth-order valence-electron chi connectivity index (χ4n) is 1.77. The Morgan fingerprint density at radius 2 is 2.00 bits per heavy atom. The van der Waals surface area contributed by atoms with Crippen LogP contribution < -0.4 is 5.73 Å². The molecule has 4 nitrogen and oxygen atoms in total. The van der Waals surface area contributed by atoms with Crippen LogP contribution in [0.15, 0.2) is 29.3 Å². The molecule has 0 bridgehead atoms. The number of nitrogens with zero attached hydrogens (tertiary/aromatic N) is 1. The first-order valence-electron chi connectivity index (χ1n) is 5.33. The van der Waals surface area contributed by atoms with E-state index in [1.165, 1.54) is 0 Å². The molecular weight excluding hydrogens is 236 g/mol. The second-order valence-electron chi connectivity index (χ2n) is 3.93. The average molecular weight is 250 g/mol. The molecule has 0 fully saturated rings. The Bertz CT molecular complexity index is 678. The Labute approximate surface area is 100 Å². The second kappa shape index (κ2) is 4.00. The Kier molecular flexibility index (Phi) is 2.79. The molecule has 1 aromatic carbocycles. The maximum Gasteiger partial charge on any atom is 0.178 e. The predicted octanol–water partition coefficient (Wildman–Crippen LogP) is 1.92. The molecule has 0 atom stereocenters. The molecule has 0 spiro atoms. The van der Waals surface area contributed by atoms with Crippen molar-refractivity contribution < 1.29 is 8.42 Å². The maximum atomic E-state index is 12.0. The van der Waals surface area contributed by atoms with E-state index in [0.717, 1.165) is 5.69 Å². The lowest BCUT2D eigenvalue weighted by Gasteiger charge is -2.09. The Morgan fingerprint density at radius 3 is 2.65 bits per heavy atom. The first kappa shape index (κ1) is 11.9. The quantitative estimate of drug-likeness (QED) is 0.826. The molecule has 0 aliphatic carbocycles. The van der Waals surface area contributed by atoms with Crippen molar-refractivity contribution in [3.8, 4) is 0 Å². The lowest BCUT2D eigenvalue weighted by Crippen LogP contribution is -2.05. The van der Waals surface area contributed by atoms with Crippen LogP contribution in [0.25, 0.3) is 10.8 Å². The number of benzene rings is 1. The number of pyridine rings is 1. The van der Waals surface area contributed by atoms with Gasteiger partial charge >= 0.3 is 0 Å². The molecule has 0 saturated carbocycles. The first-order chi connectivity index (χ1) is 7.95. The number of nitrogen functional groups attached to an aromatic ring is 1. The number of hydrogen-bond donors (Lipinski definition) is 1. The van der Waals surface area contributed by atoms with E-state index in [4.69, 9.17) is 5.73 Å². The Hall–Kier alpha value is -1.62. The number of hydrogen-bond acceptors (Lipinski definition) is 4. The van der Waals surface area contributed by atoms with E-state index in [2.05, 4.69) is 4.98 Å². The summed E-state index contributed by atoms with van der Waals surface area (Å²) < 4.78 is 24.0. The van der Waals surface area contributed by atoms with E-state index >= 15 is 0 Å². The van der Waals surface area contributed by atoms with Gasteiger partial charge in [0.25, 0.3) is 0 Å². The van der Waals surface area contributed by atoms with Crippen LogP contribution in [0.2, 0.25) is 0 Å². The van der Waals surface area contributed by atoms with Gasteiger partial charge in [-0.3, -0.25) is 4.98 Å². The highest BCUT2D eigenvalue weighted by Gasteiger charge is 2.16. The third-order valence-corrected chi connectivity index (χ3v) is 4.53. The number of rotatable bonds is 2. The molecular formula is C12H14N2O2S.